The van der Waals surface area contributed by atoms with Crippen LogP contribution in [0.25, 0.3) is 11.1 Å². The van der Waals surface area contributed by atoms with Crippen LogP contribution < -0.4 is 5.32 Å². The number of ether oxygens (including phenoxy) is 2. The van der Waals surface area contributed by atoms with Gasteiger partial charge in [-0.1, -0.05) is 48.5 Å². The van der Waals surface area contributed by atoms with Gasteiger partial charge < -0.3 is 19.9 Å². The molecule has 1 atom stereocenters. The van der Waals surface area contributed by atoms with E-state index in [0.29, 0.717) is 0 Å². The van der Waals surface area contributed by atoms with Crippen molar-refractivity contribution in [2.45, 2.75) is 51.2 Å². The number of rotatable bonds is 7. The number of aliphatic hydroxyl groups is 1. The number of alkyl carbamates (subject to hydrolysis) is 1. The van der Waals surface area contributed by atoms with E-state index in [1.807, 2.05) is 24.3 Å². The Morgan fingerprint density at radius 1 is 1.03 bits per heavy atom. The van der Waals surface area contributed by atoms with E-state index in [0.717, 1.165) is 22.3 Å². The Morgan fingerprint density at radius 3 is 2.13 bits per heavy atom. The number of hydrogen-bond acceptors (Lipinski definition) is 5. The van der Waals surface area contributed by atoms with Gasteiger partial charge >= 0.3 is 12.1 Å². The number of nitrogens with one attached hydrogen (secondary N) is 1. The van der Waals surface area contributed by atoms with Gasteiger partial charge in [0, 0.05) is 12.3 Å². The van der Waals surface area contributed by atoms with Crippen LogP contribution in [0.15, 0.2) is 48.5 Å². The molecule has 30 heavy (non-hydrogen) atoms. The highest BCUT2D eigenvalue weighted by Gasteiger charge is 2.29. The van der Waals surface area contributed by atoms with Crippen molar-refractivity contribution < 1.29 is 24.2 Å². The Morgan fingerprint density at radius 2 is 1.60 bits per heavy atom. The Balaban J connectivity index is 1.55. The molecule has 6 nitrogen and oxygen atoms in total. The largest absolute Gasteiger partial charge is 0.460 e. The Hall–Kier alpha value is -2.86. The van der Waals surface area contributed by atoms with Gasteiger partial charge in [-0.3, -0.25) is 4.79 Å². The second-order valence-corrected chi connectivity index (χ2v) is 8.47. The smallest absolute Gasteiger partial charge is 0.407 e. The average Bonchev–Trinajstić information content (AvgIpc) is 3.02. The van der Waals surface area contributed by atoms with Crippen molar-refractivity contribution in [2.75, 3.05) is 13.2 Å². The third-order valence-electron chi connectivity index (χ3n) is 5.00. The van der Waals surface area contributed by atoms with Crippen LogP contribution >= 0.6 is 0 Å². The lowest BCUT2D eigenvalue weighted by atomic mass is 9.98. The molecule has 6 heteroatoms. The second-order valence-electron chi connectivity index (χ2n) is 8.47. The molecule has 1 amide bonds. The number of esters is 1. The van der Waals surface area contributed by atoms with Crippen LogP contribution in [-0.2, 0) is 14.3 Å². The fraction of sp³-hybridized carbons (Fsp3) is 0.417. The van der Waals surface area contributed by atoms with E-state index >= 15 is 0 Å². The molecule has 0 saturated heterocycles. The van der Waals surface area contributed by atoms with Crippen LogP contribution in [0.2, 0.25) is 0 Å². The number of carbonyl (C=O) groups excluding carboxylic acids is 2. The van der Waals surface area contributed by atoms with Crippen molar-refractivity contribution in [3.63, 3.8) is 0 Å². The topological polar surface area (TPSA) is 84.9 Å². The number of aliphatic hydroxyl groups excluding tert-OH is 1. The maximum absolute atomic E-state index is 12.3. The first kappa shape index (κ1) is 21.8. The molecule has 0 aromatic heterocycles. The molecule has 2 N–H and O–H groups in total. The van der Waals surface area contributed by atoms with E-state index in [4.69, 9.17) is 9.47 Å². The van der Waals surface area contributed by atoms with Crippen molar-refractivity contribution >= 4 is 12.1 Å². The summed E-state index contributed by atoms with van der Waals surface area (Å²) in [6, 6.07) is 15.7. The van der Waals surface area contributed by atoms with Gasteiger partial charge in [0.25, 0.3) is 0 Å². The minimum absolute atomic E-state index is 0.0301. The number of hydrogen-bond donors (Lipinski definition) is 2. The van der Waals surface area contributed by atoms with Crippen LogP contribution in [0, 0.1) is 0 Å². The number of fused-ring (bicyclic) bond motifs is 3. The lowest BCUT2D eigenvalue weighted by molar-refractivity contribution is -0.155. The highest BCUT2D eigenvalue weighted by Crippen LogP contribution is 2.44. The van der Waals surface area contributed by atoms with E-state index in [2.05, 4.69) is 29.6 Å². The summed E-state index contributed by atoms with van der Waals surface area (Å²) in [5.74, 6) is -0.396. The quantitative estimate of drug-likeness (QED) is 0.673. The van der Waals surface area contributed by atoms with Crippen molar-refractivity contribution in [3.05, 3.63) is 59.7 Å². The first-order valence-electron chi connectivity index (χ1n) is 10.2. The summed E-state index contributed by atoms with van der Waals surface area (Å²) < 4.78 is 10.7. The van der Waals surface area contributed by atoms with Crippen LogP contribution in [0.1, 0.15) is 50.7 Å². The Labute approximate surface area is 177 Å². The molecule has 0 radical (unpaired) electrons. The fourth-order valence-electron chi connectivity index (χ4n) is 3.70. The summed E-state index contributed by atoms with van der Waals surface area (Å²) in [7, 11) is 0. The zero-order chi connectivity index (χ0) is 21.7. The van der Waals surface area contributed by atoms with Crippen LogP contribution in [0.5, 0.6) is 0 Å². The molecule has 2 aromatic rings. The molecular weight excluding hydrogens is 382 g/mol. The summed E-state index contributed by atoms with van der Waals surface area (Å²) in [6.45, 7) is 5.30. The van der Waals surface area contributed by atoms with Crippen molar-refractivity contribution in [1.29, 1.82) is 0 Å². The van der Waals surface area contributed by atoms with Gasteiger partial charge in [-0.15, -0.1) is 0 Å². The fourth-order valence-corrected chi connectivity index (χ4v) is 3.70. The molecule has 0 unspecified atom stereocenters. The minimum Gasteiger partial charge on any atom is -0.460 e. The molecule has 0 fully saturated rings. The predicted molar refractivity (Wildman–Crippen MR) is 114 cm³/mol. The van der Waals surface area contributed by atoms with Gasteiger partial charge in [-0.2, -0.15) is 0 Å². The van der Waals surface area contributed by atoms with Gasteiger partial charge in [0.1, 0.15) is 12.2 Å². The molecule has 0 bridgehead atoms. The summed E-state index contributed by atoms with van der Waals surface area (Å²) >= 11 is 0. The predicted octanol–water partition coefficient (Wildman–Crippen LogP) is 4.01. The molecule has 0 aliphatic heterocycles. The number of amides is 1. The maximum atomic E-state index is 12.3. The monoisotopic (exact) mass is 411 g/mol. The van der Waals surface area contributed by atoms with Crippen LogP contribution in [0.4, 0.5) is 4.79 Å². The lowest BCUT2D eigenvalue weighted by Crippen LogP contribution is -2.39. The molecule has 2 aromatic carbocycles. The first-order chi connectivity index (χ1) is 14.3. The highest BCUT2D eigenvalue weighted by atomic mass is 16.6. The summed E-state index contributed by atoms with van der Waals surface area (Å²) in [4.78, 5) is 24.2. The van der Waals surface area contributed by atoms with Crippen LogP contribution in [-0.4, -0.2) is 42.0 Å². The molecule has 1 aliphatic carbocycles. The average molecular weight is 411 g/mol. The standard InChI is InChI=1S/C24H29NO5/c1-24(2,3)30-22(27)13-12-16(14-26)25-23(28)29-15-21-19-10-6-4-8-17(19)18-9-5-7-11-20(18)21/h4-11,16,21,26H,12-15H2,1-3H3,(H,25,28)/t16-/m1/s1. The lowest BCUT2D eigenvalue weighted by Gasteiger charge is -2.21. The molecule has 0 heterocycles. The van der Waals surface area contributed by atoms with E-state index in [1.165, 1.54) is 0 Å². The zero-order valence-corrected chi connectivity index (χ0v) is 17.7. The Bertz CT molecular complexity index is 857. The van der Waals surface area contributed by atoms with Crippen LogP contribution in [0.3, 0.4) is 0 Å². The second kappa shape index (κ2) is 9.30. The molecule has 160 valence electrons. The molecule has 1 aliphatic rings. The van der Waals surface area contributed by atoms with E-state index in [-0.39, 0.29) is 37.9 Å². The summed E-state index contributed by atoms with van der Waals surface area (Å²) in [5.41, 5.74) is 4.03. The maximum Gasteiger partial charge on any atom is 0.407 e. The molecule has 0 spiro atoms. The minimum atomic E-state index is -0.611. The third kappa shape index (κ3) is 5.39. The first-order valence-corrected chi connectivity index (χ1v) is 10.2. The summed E-state index contributed by atoms with van der Waals surface area (Å²) in [5, 5.41) is 12.2. The normalized spacial score (nSPS) is 13.9. The van der Waals surface area contributed by atoms with Gasteiger partial charge in [0.05, 0.1) is 12.6 Å². The van der Waals surface area contributed by atoms with Crippen molar-refractivity contribution in [3.8, 4) is 11.1 Å². The molecular formula is C24H29NO5. The van der Waals surface area contributed by atoms with Gasteiger partial charge in [0.2, 0.25) is 0 Å². The van der Waals surface area contributed by atoms with E-state index in [9.17, 15) is 14.7 Å². The number of benzene rings is 2. The van der Waals surface area contributed by atoms with Gasteiger partial charge in [-0.25, -0.2) is 4.79 Å². The number of carbonyl (C=O) groups is 2. The Kier molecular flexibility index (Phi) is 6.77. The zero-order valence-electron chi connectivity index (χ0n) is 17.7. The SMILES string of the molecule is CC(C)(C)OC(=O)CC[C@H](CO)NC(=O)OCC1c2ccccc2-c2ccccc21. The van der Waals surface area contributed by atoms with E-state index < -0.39 is 17.7 Å². The third-order valence-corrected chi connectivity index (χ3v) is 5.00. The van der Waals surface area contributed by atoms with E-state index in [1.54, 1.807) is 20.8 Å². The van der Waals surface area contributed by atoms with Crippen molar-refractivity contribution in [2.24, 2.45) is 0 Å². The van der Waals surface area contributed by atoms with Crippen molar-refractivity contribution in [1.82, 2.24) is 5.32 Å². The van der Waals surface area contributed by atoms with Gasteiger partial charge in [-0.05, 0) is 49.4 Å². The molecule has 0 saturated carbocycles. The summed E-state index contributed by atoms with van der Waals surface area (Å²) in [6.07, 6.45) is -0.234. The highest BCUT2D eigenvalue weighted by molar-refractivity contribution is 5.79. The molecule has 3 rings (SSSR count). The van der Waals surface area contributed by atoms with Gasteiger partial charge in [0.15, 0.2) is 0 Å².